The van der Waals surface area contributed by atoms with Crippen LogP contribution in [0.5, 0.6) is 0 Å². The highest BCUT2D eigenvalue weighted by Gasteiger charge is 2.03. The van der Waals surface area contributed by atoms with Crippen LogP contribution in [0.15, 0.2) is 37.1 Å². The zero-order valence-corrected chi connectivity index (χ0v) is 12.3. The van der Waals surface area contributed by atoms with Gasteiger partial charge in [0.15, 0.2) is 0 Å². The number of hydrogen-bond donors (Lipinski definition) is 0. The summed E-state index contributed by atoms with van der Waals surface area (Å²) < 4.78 is 9.56. The van der Waals surface area contributed by atoms with E-state index in [4.69, 9.17) is 4.74 Å². The molecule has 0 radical (unpaired) electrons. The van der Waals surface area contributed by atoms with E-state index in [9.17, 15) is 4.79 Å². The maximum atomic E-state index is 11.1. The molecule has 0 bridgehead atoms. The van der Waals surface area contributed by atoms with Crippen molar-refractivity contribution in [3.8, 4) is 0 Å². The van der Waals surface area contributed by atoms with Crippen LogP contribution in [0.4, 0.5) is 0 Å². The van der Waals surface area contributed by atoms with Gasteiger partial charge in [-0.3, -0.25) is 0 Å². The molecule has 1 aliphatic rings. The summed E-state index contributed by atoms with van der Waals surface area (Å²) in [4.78, 5) is 11.1. The van der Waals surface area contributed by atoms with Gasteiger partial charge in [-0.05, 0) is 17.7 Å². The first-order chi connectivity index (χ1) is 9.77. The second kappa shape index (κ2) is 10.1. The third kappa shape index (κ3) is 6.41. The lowest BCUT2D eigenvalue weighted by Crippen LogP contribution is -2.00. The van der Waals surface area contributed by atoms with Crippen molar-refractivity contribution in [3.05, 3.63) is 48.2 Å². The van der Waals surface area contributed by atoms with Crippen molar-refractivity contribution in [2.45, 2.75) is 45.1 Å². The minimum atomic E-state index is -0.332. The number of carbonyl (C=O) groups excluding carboxylic acids is 1. The third-order valence-electron chi connectivity index (χ3n) is 3.24. The van der Waals surface area contributed by atoms with Gasteiger partial charge in [0.2, 0.25) is 0 Å². The molecule has 0 N–H and O–H groups in total. The Kier molecular flexibility index (Phi) is 8.20. The zero-order valence-electron chi connectivity index (χ0n) is 12.3. The Morgan fingerprint density at radius 2 is 1.60 bits per heavy atom. The van der Waals surface area contributed by atoms with Gasteiger partial charge in [-0.1, -0.05) is 57.2 Å². The molecule has 0 amide bonds. The first kappa shape index (κ1) is 16.3. The topological polar surface area (TPSA) is 35.5 Å². The van der Waals surface area contributed by atoms with E-state index in [2.05, 4.69) is 11.3 Å². The molecule has 0 unspecified atom stereocenters. The molecule has 2 rings (SSSR count). The molecule has 0 spiro atoms. The average Bonchev–Trinajstić information content (AvgIpc) is 2.55. The van der Waals surface area contributed by atoms with Gasteiger partial charge in [-0.25, -0.2) is 4.79 Å². The summed E-state index contributed by atoms with van der Waals surface area (Å²) in [6.45, 7) is 3.90. The van der Waals surface area contributed by atoms with E-state index >= 15 is 0 Å². The maximum Gasteiger partial charge on any atom is 0.337 e. The van der Waals surface area contributed by atoms with Gasteiger partial charge in [0.25, 0.3) is 0 Å². The van der Waals surface area contributed by atoms with Crippen LogP contribution in [-0.2, 0) is 16.1 Å². The number of hydrogen-bond acceptors (Lipinski definition) is 3. The zero-order chi connectivity index (χ0) is 14.6. The van der Waals surface area contributed by atoms with Crippen LogP contribution >= 0.6 is 0 Å². The first-order valence-corrected chi connectivity index (χ1v) is 7.17. The summed E-state index contributed by atoms with van der Waals surface area (Å²) in [5, 5.41) is 0. The van der Waals surface area contributed by atoms with Crippen molar-refractivity contribution < 1.29 is 14.3 Å². The van der Waals surface area contributed by atoms with E-state index in [-0.39, 0.29) is 5.97 Å². The minimum Gasteiger partial charge on any atom is -0.497 e. The van der Waals surface area contributed by atoms with Crippen molar-refractivity contribution in [2.24, 2.45) is 0 Å². The minimum absolute atomic E-state index is 0.332. The van der Waals surface area contributed by atoms with E-state index < -0.39 is 0 Å². The van der Waals surface area contributed by atoms with Crippen molar-refractivity contribution in [1.29, 1.82) is 0 Å². The van der Waals surface area contributed by atoms with Gasteiger partial charge in [-0.2, -0.15) is 0 Å². The first-order valence-electron chi connectivity index (χ1n) is 7.17. The molecular formula is C17H24O3. The van der Waals surface area contributed by atoms with E-state index in [0.717, 1.165) is 5.56 Å². The molecule has 1 saturated carbocycles. The van der Waals surface area contributed by atoms with E-state index in [1.807, 2.05) is 12.1 Å². The standard InChI is InChI=1S/C11H12O3.C6H12/c1-3-14-8-9-4-6-10(7-5-9)11(12)13-2;1-2-4-6-5-3-1/h3-7H,1,8H2,2H3;1-6H2. The molecule has 110 valence electrons. The van der Waals surface area contributed by atoms with E-state index in [1.165, 1.54) is 51.9 Å². The predicted octanol–water partition coefficient (Wildman–Crippen LogP) is 4.47. The monoisotopic (exact) mass is 276 g/mol. The van der Waals surface area contributed by atoms with Crippen LogP contribution in [-0.4, -0.2) is 13.1 Å². The molecule has 1 aromatic carbocycles. The van der Waals surface area contributed by atoms with Crippen molar-refractivity contribution in [1.82, 2.24) is 0 Å². The molecule has 3 heteroatoms. The van der Waals surface area contributed by atoms with Crippen LogP contribution in [0.1, 0.15) is 54.4 Å². The van der Waals surface area contributed by atoms with Gasteiger partial charge in [0.05, 0.1) is 18.9 Å². The molecule has 0 aliphatic heterocycles. The normalized spacial score (nSPS) is 13.7. The number of esters is 1. The van der Waals surface area contributed by atoms with Gasteiger partial charge in [0.1, 0.15) is 6.61 Å². The number of benzene rings is 1. The third-order valence-corrected chi connectivity index (χ3v) is 3.24. The second-order valence-corrected chi connectivity index (χ2v) is 4.79. The largest absolute Gasteiger partial charge is 0.497 e. The lowest BCUT2D eigenvalue weighted by Gasteiger charge is -2.05. The van der Waals surface area contributed by atoms with Gasteiger partial charge in [-0.15, -0.1) is 0 Å². The summed E-state index contributed by atoms with van der Waals surface area (Å²) in [5.41, 5.74) is 1.52. The van der Waals surface area contributed by atoms with Gasteiger partial charge in [0, 0.05) is 0 Å². The molecule has 0 aromatic heterocycles. The lowest BCUT2D eigenvalue weighted by molar-refractivity contribution is 0.0600. The fourth-order valence-electron chi connectivity index (χ4n) is 2.07. The summed E-state index contributed by atoms with van der Waals surface area (Å²) >= 11 is 0. The Morgan fingerprint density at radius 1 is 1.10 bits per heavy atom. The molecule has 1 fully saturated rings. The molecule has 3 nitrogen and oxygen atoms in total. The summed E-state index contributed by atoms with van der Waals surface area (Å²) in [6.07, 6.45) is 10.4. The molecular weight excluding hydrogens is 252 g/mol. The number of rotatable bonds is 4. The smallest absolute Gasteiger partial charge is 0.337 e. The fourth-order valence-corrected chi connectivity index (χ4v) is 2.07. The Balaban J connectivity index is 0.000000276. The Bertz CT molecular complexity index is 380. The summed E-state index contributed by atoms with van der Waals surface area (Å²) in [5.74, 6) is -0.332. The molecule has 1 aliphatic carbocycles. The molecule has 20 heavy (non-hydrogen) atoms. The average molecular weight is 276 g/mol. The highest BCUT2D eigenvalue weighted by atomic mass is 16.5. The van der Waals surface area contributed by atoms with Crippen LogP contribution in [0.25, 0.3) is 0 Å². The Labute approximate surface area is 121 Å². The SMILES string of the molecule is C1CCCCC1.C=COCc1ccc(C(=O)OC)cc1. The number of carbonyl (C=O) groups is 1. The Hall–Kier alpha value is -1.77. The lowest BCUT2D eigenvalue weighted by atomic mass is 10.0. The second-order valence-electron chi connectivity index (χ2n) is 4.79. The van der Waals surface area contributed by atoms with Crippen LogP contribution < -0.4 is 0 Å². The Morgan fingerprint density at radius 3 is 2.00 bits per heavy atom. The van der Waals surface area contributed by atoms with Crippen LogP contribution in [0.3, 0.4) is 0 Å². The number of ether oxygens (including phenoxy) is 2. The molecule has 0 saturated heterocycles. The van der Waals surface area contributed by atoms with Crippen molar-refractivity contribution in [3.63, 3.8) is 0 Å². The highest BCUT2D eigenvalue weighted by molar-refractivity contribution is 5.89. The van der Waals surface area contributed by atoms with E-state index in [1.54, 1.807) is 12.1 Å². The predicted molar refractivity (Wildman–Crippen MR) is 80.5 cm³/mol. The van der Waals surface area contributed by atoms with Gasteiger partial charge >= 0.3 is 5.97 Å². The highest BCUT2D eigenvalue weighted by Crippen LogP contribution is 2.15. The molecule has 0 heterocycles. The van der Waals surface area contributed by atoms with Crippen molar-refractivity contribution >= 4 is 5.97 Å². The maximum absolute atomic E-state index is 11.1. The summed E-state index contributed by atoms with van der Waals surface area (Å²) in [6, 6.07) is 7.03. The fraction of sp³-hybridized carbons (Fsp3) is 0.471. The van der Waals surface area contributed by atoms with Gasteiger partial charge < -0.3 is 9.47 Å². The summed E-state index contributed by atoms with van der Waals surface area (Å²) in [7, 11) is 1.36. The van der Waals surface area contributed by atoms with Crippen LogP contribution in [0.2, 0.25) is 0 Å². The molecule has 1 aromatic rings. The number of methoxy groups -OCH3 is 1. The van der Waals surface area contributed by atoms with E-state index in [0.29, 0.717) is 12.2 Å². The quantitative estimate of drug-likeness (QED) is 0.601. The van der Waals surface area contributed by atoms with Crippen LogP contribution in [0, 0.1) is 0 Å². The molecule has 0 atom stereocenters. The van der Waals surface area contributed by atoms with Crippen molar-refractivity contribution in [2.75, 3.05) is 7.11 Å².